The van der Waals surface area contributed by atoms with Gasteiger partial charge in [-0.3, -0.25) is 18.6 Å². The number of hydrogen-bond donors (Lipinski definition) is 3. The predicted molar refractivity (Wildman–Crippen MR) is 122 cm³/mol. The molecule has 33 heavy (non-hydrogen) atoms. The van der Waals surface area contributed by atoms with Crippen LogP contribution in [-0.4, -0.2) is 65.7 Å². The van der Waals surface area contributed by atoms with E-state index in [9.17, 15) is 24.2 Å². The van der Waals surface area contributed by atoms with Crippen LogP contribution in [0.15, 0.2) is 0 Å². The third kappa shape index (κ3) is 20.1. The molecule has 3 N–H and O–H groups in total. The van der Waals surface area contributed by atoms with Gasteiger partial charge in [0.25, 0.3) is 0 Å². The van der Waals surface area contributed by atoms with Crippen LogP contribution in [0, 0.1) is 0 Å². The van der Waals surface area contributed by atoms with Gasteiger partial charge in [0.15, 0.2) is 6.10 Å². The molecule has 0 aromatic heterocycles. The van der Waals surface area contributed by atoms with Gasteiger partial charge in [-0.1, -0.05) is 65.2 Å². The summed E-state index contributed by atoms with van der Waals surface area (Å²) in [5, 5.41) is 18.0. The topological polar surface area (TPSA) is 149 Å². The average Bonchev–Trinajstić information content (AvgIpc) is 2.79. The molecule has 0 saturated heterocycles. The number of carbonyl (C=O) groups excluding carboxylic acids is 2. The molecule has 0 aliphatic rings. The maximum Gasteiger partial charge on any atom is 0.472 e. The molecular formula is C22H43O10P. The van der Waals surface area contributed by atoms with E-state index in [1.807, 2.05) is 0 Å². The highest BCUT2D eigenvalue weighted by Crippen LogP contribution is 2.43. The SMILES string of the molecule is CCCCCCCC(=O)OCC(COP(=O)(O)OCC(O)CO)OC(=O)CCCCCCC. The van der Waals surface area contributed by atoms with E-state index < -0.39 is 51.8 Å². The van der Waals surface area contributed by atoms with Gasteiger partial charge in [0.2, 0.25) is 0 Å². The van der Waals surface area contributed by atoms with Crippen molar-refractivity contribution >= 4 is 19.8 Å². The van der Waals surface area contributed by atoms with Crippen LogP contribution in [0.2, 0.25) is 0 Å². The normalized spacial score (nSPS) is 14.9. The molecule has 3 atom stereocenters. The molecule has 0 spiro atoms. The summed E-state index contributed by atoms with van der Waals surface area (Å²) in [5.74, 6) is -0.957. The van der Waals surface area contributed by atoms with Crippen LogP contribution in [0.3, 0.4) is 0 Å². The van der Waals surface area contributed by atoms with Gasteiger partial charge in [0, 0.05) is 12.8 Å². The van der Waals surface area contributed by atoms with E-state index in [4.69, 9.17) is 19.1 Å². The minimum atomic E-state index is -4.57. The van der Waals surface area contributed by atoms with Gasteiger partial charge in [0.05, 0.1) is 19.8 Å². The predicted octanol–water partition coefficient (Wildman–Crippen LogP) is 3.65. The molecular weight excluding hydrogens is 455 g/mol. The maximum atomic E-state index is 12.1. The zero-order valence-electron chi connectivity index (χ0n) is 20.1. The van der Waals surface area contributed by atoms with Crippen molar-refractivity contribution in [2.45, 2.75) is 103 Å². The Bertz CT molecular complexity index is 557. The highest BCUT2D eigenvalue weighted by molar-refractivity contribution is 7.47. The first-order valence-corrected chi connectivity index (χ1v) is 13.5. The van der Waals surface area contributed by atoms with Crippen LogP contribution in [0.4, 0.5) is 0 Å². The van der Waals surface area contributed by atoms with Crippen molar-refractivity contribution in [2.24, 2.45) is 0 Å². The van der Waals surface area contributed by atoms with Crippen molar-refractivity contribution in [3.63, 3.8) is 0 Å². The fourth-order valence-electron chi connectivity index (χ4n) is 2.81. The third-order valence-corrected chi connectivity index (χ3v) is 5.71. The number of aliphatic hydroxyl groups excluding tert-OH is 2. The quantitative estimate of drug-likeness (QED) is 0.115. The van der Waals surface area contributed by atoms with E-state index in [1.165, 1.54) is 0 Å². The number of hydrogen-bond acceptors (Lipinski definition) is 9. The van der Waals surface area contributed by atoms with Crippen molar-refractivity contribution < 1.29 is 47.8 Å². The first-order valence-electron chi connectivity index (χ1n) is 12.0. The molecule has 0 fully saturated rings. The summed E-state index contributed by atoms with van der Waals surface area (Å²) in [6.07, 6.45) is 7.65. The average molecular weight is 499 g/mol. The second-order valence-corrected chi connectivity index (χ2v) is 9.47. The minimum absolute atomic E-state index is 0.182. The standard InChI is InChI=1S/C22H43O10P/c1-3-5-7-9-11-13-21(25)29-17-20(32-22(26)14-12-10-8-6-4-2)18-31-33(27,28)30-16-19(24)15-23/h19-20,23-24H,3-18H2,1-2H3,(H,27,28). The molecule has 0 aromatic rings. The second-order valence-electron chi connectivity index (χ2n) is 8.02. The van der Waals surface area contributed by atoms with E-state index in [0.717, 1.165) is 51.4 Å². The van der Waals surface area contributed by atoms with E-state index in [-0.39, 0.29) is 19.4 Å². The minimum Gasteiger partial charge on any atom is -0.462 e. The molecule has 0 heterocycles. The zero-order chi connectivity index (χ0) is 25.0. The lowest BCUT2D eigenvalue weighted by molar-refractivity contribution is -0.161. The molecule has 0 radical (unpaired) electrons. The van der Waals surface area contributed by atoms with Crippen molar-refractivity contribution in [3.8, 4) is 0 Å². The summed E-state index contributed by atoms with van der Waals surface area (Å²) in [6, 6.07) is 0. The maximum absolute atomic E-state index is 12.1. The van der Waals surface area contributed by atoms with Crippen molar-refractivity contribution in [1.29, 1.82) is 0 Å². The summed E-state index contributed by atoms with van der Waals surface area (Å²) in [6.45, 7) is 2.10. The van der Waals surface area contributed by atoms with Crippen LogP contribution in [-0.2, 0) is 32.7 Å². The molecule has 10 nitrogen and oxygen atoms in total. The van der Waals surface area contributed by atoms with E-state index in [0.29, 0.717) is 12.8 Å². The Morgan fingerprint density at radius 1 is 0.788 bits per heavy atom. The lowest BCUT2D eigenvalue weighted by atomic mass is 10.1. The van der Waals surface area contributed by atoms with Crippen molar-refractivity contribution in [2.75, 3.05) is 26.4 Å². The number of ether oxygens (including phenoxy) is 2. The molecule has 0 bridgehead atoms. The molecule has 0 amide bonds. The molecule has 0 saturated carbocycles. The summed E-state index contributed by atoms with van der Waals surface area (Å²) in [7, 11) is -4.57. The summed E-state index contributed by atoms with van der Waals surface area (Å²) < 4.78 is 31.8. The monoisotopic (exact) mass is 498 g/mol. The van der Waals surface area contributed by atoms with Crippen molar-refractivity contribution in [3.05, 3.63) is 0 Å². The first kappa shape index (κ1) is 32.0. The molecule has 3 unspecified atom stereocenters. The Morgan fingerprint density at radius 3 is 1.85 bits per heavy atom. The van der Waals surface area contributed by atoms with Crippen molar-refractivity contribution in [1.82, 2.24) is 0 Å². The highest BCUT2D eigenvalue weighted by atomic mass is 31.2. The number of esters is 2. The van der Waals surface area contributed by atoms with Gasteiger partial charge >= 0.3 is 19.8 Å². The van der Waals surface area contributed by atoms with E-state index >= 15 is 0 Å². The van der Waals surface area contributed by atoms with Gasteiger partial charge < -0.3 is 24.6 Å². The van der Waals surface area contributed by atoms with Crippen LogP contribution < -0.4 is 0 Å². The molecule has 0 rings (SSSR count). The number of phosphoric ester groups is 1. The smallest absolute Gasteiger partial charge is 0.462 e. The first-order chi connectivity index (χ1) is 15.7. The molecule has 0 aromatic carbocycles. The number of phosphoric acid groups is 1. The summed E-state index contributed by atoms with van der Waals surface area (Å²) >= 11 is 0. The van der Waals surface area contributed by atoms with Gasteiger partial charge in [-0.2, -0.15) is 0 Å². The van der Waals surface area contributed by atoms with E-state index in [1.54, 1.807) is 0 Å². The van der Waals surface area contributed by atoms with Gasteiger partial charge in [-0.15, -0.1) is 0 Å². The number of unbranched alkanes of at least 4 members (excludes halogenated alkanes) is 8. The lowest BCUT2D eigenvalue weighted by Gasteiger charge is -2.20. The Morgan fingerprint density at radius 2 is 1.30 bits per heavy atom. The highest BCUT2D eigenvalue weighted by Gasteiger charge is 2.27. The largest absolute Gasteiger partial charge is 0.472 e. The lowest BCUT2D eigenvalue weighted by Crippen LogP contribution is -2.29. The number of aliphatic hydroxyl groups is 2. The Kier molecular flexibility index (Phi) is 19.7. The molecule has 196 valence electrons. The van der Waals surface area contributed by atoms with Crippen LogP contribution >= 0.6 is 7.82 Å². The second kappa shape index (κ2) is 20.4. The zero-order valence-corrected chi connectivity index (χ0v) is 21.0. The number of rotatable bonds is 22. The van der Waals surface area contributed by atoms with E-state index in [2.05, 4.69) is 18.4 Å². The number of carbonyl (C=O) groups is 2. The summed E-state index contributed by atoms with van der Waals surface area (Å²) in [5.41, 5.74) is 0. The molecule has 0 aliphatic carbocycles. The van der Waals surface area contributed by atoms with Crippen LogP contribution in [0.5, 0.6) is 0 Å². The third-order valence-electron chi connectivity index (χ3n) is 4.76. The fourth-order valence-corrected chi connectivity index (χ4v) is 3.60. The fraction of sp³-hybridized carbons (Fsp3) is 0.909. The van der Waals surface area contributed by atoms with Gasteiger partial charge in [-0.25, -0.2) is 4.57 Å². The summed E-state index contributed by atoms with van der Waals surface area (Å²) in [4.78, 5) is 33.8. The Labute approximate surface area is 197 Å². The van der Waals surface area contributed by atoms with Gasteiger partial charge in [-0.05, 0) is 12.8 Å². The Hall–Kier alpha value is -1.03. The van der Waals surface area contributed by atoms with Crippen LogP contribution in [0.25, 0.3) is 0 Å². The van der Waals surface area contributed by atoms with Gasteiger partial charge in [0.1, 0.15) is 12.7 Å². The Balaban J connectivity index is 4.60. The molecule has 0 aliphatic heterocycles. The van der Waals surface area contributed by atoms with Crippen LogP contribution in [0.1, 0.15) is 90.9 Å². The molecule has 11 heteroatoms.